The number of fused-ring (bicyclic) bond motifs is 1. The number of para-hydroxylation sites is 1. The second kappa shape index (κ2) is 3.98. The highest BCUT2D eigenvalue weighted by atomic mass is 16.1. The number of aryl methyl sites for hydroxylation is 2. The molecule has 0 saturated carbocycles. The first-order chi connectivity index (χ1) is 8.68. The van der Waals surface area contributed by atoms with E-state index < -0.39 is 0 Å². The minimum Gasteiger partial charge on any atom is -0.384 e. The quantitative estimate of drug-likeness (QED) is 0.819. The van der Waals surface area contributed by atoms with Crippen LogP contribution in [0.3, 0.4) is 0 Å². The Morgan fingerprint density at radius 2 is 2.22 bits per heavy atom. The molecule has 0 spiro atoms. The molecule has 1 N–H and O–H groups in total. The van der Waals surface area contributed by atoms with Crippen molar-refractivity contribution in [3.05, 3.63) is 47.3 Å². The van der Waals surface area contributed by atoms with Crippen LogP contribution in [0.1, 0.15) is 27.5 Å². The van der Waals surface area contributed by atoms with E-state index in [1.807, 2.05) is 38.2 Å². The second-order valence-electron chi connectivity index (χ2n) is 4.68. The van der Waals surface area contributed by atoms with Crippen molar-refractivity contribution in [1.82, 2.24) is 9.78 Å². The molecule has 3 rings (SSSR count). The molecule has 0 bridgehead atoms. The van der Waals surface area contributed by atoms with Crippen LogP contribution < -0.4 is 5.32 Å². The number of aromatic nitrogens is 2. The van der Waals surface area contributed by atoms with Gasteiger partial charge >= 0.3 is 0 Å². The molecule has 0 aliphatic carbocycles. The lowest BCUT2D eigenvalue weighted by atomic mass is 9.94. The van der Waals surface area contributed by atoms with Crippen LogP contribution >= 0.6 is 0 Å². The third-order valence-electron chi connectivity index (χ3n) is 3.50. The average Bonchev–Trinajstić information content (AvgIpc) is 2.93. The number of rotatable bonds is 2. The Labute approximate surface area is 106 Å². The molecule has 4 heteroatoms. The van der Waals surface area contributed by atoms with Gasteiger partial charge in [-0.15, -0.1) is 0 Å². The summed E-state index contributed by atoms with van der Waals surface area (Å²) in [6.07, 6.45) is 1.74. The molecule has 2 aromatic rings. The molecule has 18 heavy (non-hydrogen) atoms. The number of hydrogen-bond acceptors (Lipinski definition) is 3. The molecule has 1 aliphatic heterocycles. The standard InChI is InChI=1S/C14H15N3O/c1-9-7-16-17(2)13(9)14(18)11-8-15-12-6-4-3-5-10(11)12/h3-7,11,15H,8H2,1-2H3. The van der Waals surface area contributed by atoms with Gasteiger partial charge in [0.2, 0.25) is 0 Å². The number of ketones is 1. The van der Waals surface area contributed by atoms with E-state index in [2.05, 4.69) is 10.4 Å². The van der Waals surface area contributed by atoms with Gasteiger partial charge in [-0.05, 0) is 24.1 Å². The zero-order valence-corrected chi connectivity index (χ0v) is 10.5. The second-order valence-corrected chi connectivity index (χ2v) is 4.68. The Hall–Kier alpha value is -2.10. The molecule has 0 saturated heterocycles. The SMILES string of the molecule is Cc1cnn(C)c1C(=O)C1CNc2ccccc21. The van der Waals surface area contributed by atoms with Gasteiger partial charge in [0.25, 0.3) is 0 Å². The van der Waals surface area contributed by atoms with Crippen molar-refractivity contribution in [2.24, 2.45) is 7.05 Å². The van der Waals surface area contributed by atoms with Crippen LogP contribution in [0, 0.1) is 6.92 Å². The zero-order chi connectivity index (χ0) is 12.7. The maximum atomic E-state index is 12.6. The van der Waals surface area contributed by atoms with Crippen LogP contribution in [-0.2, 0) is 7.05 Å². The predicted octanol–water partition coefficient (Wildman–Crippen LogP) is 2.12. The smallest absolute Gasteiger partial charge is 0.190 e. The summed E-state index contributed by atoms with van der Waals surface area (Å²) in [5.41, 5.74) is 3.80. The summed E-state index contributed by atoms with van der Waals surface area (Å²) in [5, 5.41) is 7.42. The summed E-state index contributed by atoms with van der Waals surface area (Å²) < 4.78 is 1.67. The molecule has 1 unspecified atom stereocenters. The largest absolute Gasteiger partial charge is 0.384 e. The highest BCUT2D eigenvalue weighted by Gasteiger charge is 2.31. The van der Waals surface area contributed by atoms with Crippen LogP contribution in [0.25, 0.3) is 0 Å². The number of carbonyl (C=O) groups is 1. The summed E-state index contributed by atoms with van der Waals surface area (Å²) in [7, 11) is 1.81. The normalized spacial score (nSPS) is 17.3. The lowest BCUT2D eigenvalue weighted by Gasteiger charge is -2.10. The number of nitrogens with one attached hydrogen (secondary N) is 1. The van der Waals surface area contributed by atoms with Crippen LogP contribution in [-0.4, -0.2) is 22.1 Å². The number of anilines is 1. The minimum atomic E-state index is -0.102. The Morgan fingerprint density at radius 1 is 1.44 bits per heavy atom. The first kappa shape index (κ1) is 11.0. The number of Topliss-reactive ketones (excluding diaryl/α,β-unsaturated/α-hetero) is 1. The van der Waals surface area contributed by atoms with Gasteiger partial charge in [-0.25, -0.2) is 0 Å². The molecule has 1 aliphatic rings. The van der Waals surface area contributed by atoms with E-state index >= 15 is 0 Å². The highest BCUT2D eigenvalue weighted by Crippen LogP contribution is 2.33. The maximum Gasteiger partial charge on any atom is 0.190 e. The van der Waals surface area contributed by atoms with E-state index in [4.69, 9.17) is 0 Å². The topological polar surface area (TPSA) is 46.9 Å². The van der Waals surface area contributed by atoms with E-state index in [1.54, 1.807) is 10.9 Å². The Balaban J connectivity index is 2.01. The number of benzene rings is 1. The highest BCUT2D eigenvalue weighted by molar-refractivity contribution is 6.02. The van der Waals surface area contributed by atoms with Crippen molar-refractivity contribution in [2.45, 2.75) is 12.8 Å². The fraction of sp³-hybridized carbons (Fsp3) is 0.286. The monoisotopic (exact) mass is 241 g/mol. The third kappa shape index (κ3) is 1.53. The van der Waals surface area contributed by atoms with Gasteiger partial charge < -0.3 is 5.32 Å². The molecule has 0 fully saturated rings. The first-order valence-electron chi connectivity index (χ1n) is 6.04. The molecule has 0 radical (unpaired) electrons. The number of carbonyl (C=O) groups excluding carboxylic acids is 1. The van der Waals surface area contributed by atoms with Gasteiger partial charge in [-0.2, -0.15) is 5.10 Å². The summed E-state index contributed by atoms with van der Waals surface area (Å²) >= 11 is 0. The van der Waals surface area contributed by atoms with Crippen LogP contribution in [0.5, 0.6) is 0 Å². The fourth-order valence-corrected chi connectivity index (χ4v) is 2.58. The van der Waals surface area contributed by atoms with Gasteiger partial charge in [0, 0.05) is 19.3 Å². The van der Waals surface area contributed by atoms with E-state index in [0.29, 0.717) is 12.2 Å². The Bertz CT molecular complexity index is 596. The van der Waals surface area contributed by atoms with Crippen molar-refractivity contribution in [3.8, 4) is 0 Å². The summed E-state index contributed by atoms with van der Waals surface area (Å²) in [4.78, 5) is 12.6. The van der Waals surface area contributed by atoms with Crippen molar-refractivity contribution in [3.63, 3.8) is 0 Å². The molecule has 1 aromatic carbocycles. The Kier molecular flexibility index (Phi) is 2.44. The minimum absolute atomic E-state index is 0.102. The van der Waals surface area contributed by atoms with Crippen LogP contribution in [0.15, 0.2) is 30.5 Å². The molecule has 0 amide bonds. The third-order valence-corrected chi connectivity index (χ3v) is 3.50. The lowest BCUT2D eigenvalue weighted by Crippen LogP contribution is -2.18. The molecule has 2 heterocycles. The number of hydrogen-bond donors (Lipinski definition) is 1. The van der Waals surface area contributed by atoms with Crippen molar-refractivity contribution in [1.29, 1.82) is 0 Å². The van der Waals surface area contributed by atoms with E-state index in [-0.39, 0.29) is 11.7 Å². The molecule has 1 aromatic heterocycles. The first-order valence-corrected chi connectivity index (χ1v) is 6.04. The number of nitrogens with zero attached hydrogens (tertiary/aromatic N) is 2. The van der Waals surface area contributed by atoms with Gasteiger partial charge in [-0.3, -0.25) is 9.48 Å². The molecule has 4 nitrogen and oxygen atoms in total. The summed E-state index contributed by atoms with van der Waals surface area (Å²) in [5.74, 6) is 0.0419. The fourth-order valence-electron chi connectivity index (χ4n) is 2.58. The van der Waals surface area contributed by atoms with Crippen molar-refractivity contribution < 1.29 is 4.79 Å². The van der Waals surface area contributed by atoms with Crippen LogP contribution in [0.2, 0.25) is 0 Å². The van der Waals surface area contributed by atoms with Crippen molar-refractivity contribution >= 4 is 11.5 Å². The van der Waals surface area contributed by atoms with Gasteiger partial charge in [0.1, 0.15) is 5.69 Å². The summed E-state index contributed by atoms with van der Waals surface area (Å²) in [6.45, 7) is 2.59. The van der Waals surface area contributed by atoms with E-state index in [0.717, 1.165) is 16.8 Å². The summed E-state index contributed by atoms with van der Waals surface area (Å²) in [6, 6.07) is 7.98. The molecule has 92 valence electrons. The van der Waals surface area contributed by atoms with Gasteiger partial charge in [-0.1, -0.05) is 18.2 Å². The van der Waals surface area contributed by atoms with Crippen molar-refractivity contribution in [2.75, 3.05) is 11.9 Å². The molecule has 1 atom stereocenters. The van der Waals surface area contributed by atoms with E-state index in [9.17, 15) is 4.79 Å². The lowest BCUT2D eigenvalue weighted by molar-refractivity contribution is 0.0956. The van der Waals surface area contributed by atoms with Gasteiger partial charge in [0.05, 0.1) is 12.1 Å². The zero-order valence-electron chi connectivity index (χ0n) is 10.5. The molecular formula is C14H15N3O. The maximum absolute atomic E-state index is 12.6. The van der Waals surface area contributed by atoms with Crippen LogP contribution in [0.4, 0.5) is 5.69 Å². The predicted molar refractivity (Wildman–Crippen MR) is 69.9 cm³/mol. The molecular weight excluding hydrogens is 226 g/mol. The van der Waals surface area contributed by atoms with E-state index in [1.165, 1.54) is 0 Å². The Morgan fingerprint density at radius 3 is 2.94 bits per heavy atom. The van der Waals surface area contributed by atoms with Gasteiger partial charge in [0.15, 0.2) is 5.78 Å². The average molecular weight is 241 g/mol.